The zero-order valence-electron chi connectivity index (χ0n) is 12.6. The number of rotatable bonds is 7. The van der Waals surface area contributed by atoms with Crippen molar-refractivity contribution in [3.05, 3.63) is 0 Å². The fraction of sp³-hybridized carbons (Fsp3) is 1.00. The molecule has 0 spiro atoms. The lowest BCUT2D eigenvalue weighted by Crippen LogP contribution is -2.54. The van der Waals surface area contributed by atoms with Gasteiger partial charge in [0.1, 0.15) is 0 Å². The van der Waals surface area contributed by atoms with Crippen LogP contribution in [0.1, 0.15) is 26.7 Å². The minimum atomic E-state index is 0.437. The Morgan fingerprint density at radius 1 is 1.28 bits per heavy atom. The van der Waals surface area contributed by atoms with Crippen LogP contribution in [0.2, 0.25) is 0 Å². The Balaban J connectivity index is 2.56. The van der Waals surface area contributed by atoms with Gasteiger partial charge in [0.2, 0.25) is 0 Å². The predicted octanol–water partition coefficient (Wildman–Crippen LogP) is 1.03. The largest absolute Gasteiger partial charge is 0.380 e. The average molecular weight is 257 g/mol. The maximum Gasteiger partial charge on any atom is 0.0635 e. The molecule has 0 aromatic carbocycles. The van der Waals surface area contributed by atoms with Gasteiger partial charge in [-0.1, -0.05) is 13.8 Å². The molecule has 0 aromatic rings. The topological polar surface area (TPSA) is 27.7 Å². The molecule has 2 unspecified atom stereocenters. The summed E-state index contributed by atoms with van der Waals surface area (Å²) >= 11 is 0. The second-order valence-corrected chi connectivity index (χ2v) is 5.40. The van der Waals surface area contributed by atoms with Crippen molar-refractivity contribution in [3.63, 3.8) is 0 Å². The lowest BCUT2D eigenvalue weighted by Gasteiger charge is -2.34. The standard InChI is InChI=1S/C14H31N3O/c1-5-10-18-12-13(15-6-2)14-11-16(3)8-7-9-17(14)4/h13-15H,5-12H2,1-4H3. The van der Waals surface area contributed by atoms with Crippen LogP contribution in [0.4, 0.5) is 0 Å². The highest BCUT2D eigenvalue weighted by Crippen LogP contribution is 2.11. The molecule has 108 valence electrons. The first-order valence-electron chi connectivity index (χ1n) is 7.38. The Kier molecular flexibility index (Phi) is 7.82. The lowest BCUT2D eigenvalue weighted by molar-refractivity contribution is 0.0721. The van der Waals surface area contributed by atoms with Gasteiger partial charge in [-0.3, -0.25) is 0 Å². The minimum Gasteiger partial charge on any atom is -0.380 e. The summed E-state index contributed by atoms with van der Waals surface area (Å²) in [7, 11) is 4.47. The number of likely N-dealkylation sites (N-methyl/N-ethyl adjacent to an activating group) is 3. The summed E-state index contributed by atoms with van der Waals surface area (Å²) < 4.78 is 5.77. The van der Waals surface area contributed by atoms with Gasteiger partial charge in [0.15, 0.2) is 0 Å². The van der Waals surface area contributed by atoms with Gasteiger partial charge in [-0.2, -0.15) is 0 Å². The van der Waals surface area contributed by atoms with Crippen LogP contribution in [-0.4, -0.2) is 75.4 Å². The van der Waals surface area contributed by atoms with E-state index >= 15 is 0 Å². The molecule has 1 rings (SSSR count). The second kappa shape index (κ2) is 8.86. The number of nitrogens with one attached hydrogen (secondary N) is 1. The molecule has 2 atom stereocenters. The summed E-state index contributed by atoms with van der Waals surface area (Å²) in [6.45, 7) is 10.6. The molecule has 0 radical (unpaired) electrons. The van der Waals surface area contributed by atoms with E-state index in [-0.39, 0.29) is 0 Å². The van der Waals surface area contributed by atoms with Gasteiger partial charge in [-0.05, 0) is 46.6 Å². The quantitative estimate of drug-likeness (QED) is 0.689. The van der Waals surface area contributed by atoms with Crippen molar-refractivity contribution in [1.29, 1.82) is 0 Å². The van der Waals surface area contributed by atoms with Gasteiger partial charge in [0, 0.05) is 25.2 Å². The fourth-order valence-corrected chi connectivity index (χ4v) is 2.66. The highest BCUT2D eigenvalue weighted by molar-refractivity contribution is 4.87. The monoisotopic (exact) mass is 257 g/mol. The third-order valence-corrected chi connectivity index (χ3v) is 3.69. The smallest absolute Gasteiger partial charge is 0.0635 e. The Bertz CT molecular complexity index is 213. The van der Waals surface area contributed by atoms with Crippen molar-refractivity contribution < 1.29 is 4.74 Å². The summed E-state index contributed by atoms with van der Waals surface area (Å²) in [6, 6.07) is 0.987. The fourth-order valence-electron chi connectivity index (χ4n) is 2.66. The highest BCUT2D eigenvalue weighted by atomic mass is 16.5. The molecule has 0 saturated carbocycles. The molecule has 0 amide bonds. The van der Waals surface area contributed by atoms with Crippen molar-refractivity contribution in [2.24, 2.45) is 0 Å². The Hall–Kier alpha value is -0.160. The Morgan fingerprint density at radius 2 is 2.06 bits per heavy atom. The molecule has 4 heteroatoms. The van der Waals surface area contributed by atoms with Crippen molar-refractivity contribution in [3.8, 4) is 0 Å². The van der Waals surface area contributed by atoms with Crippen LogP contribution in [-0.2, 0) is 4.74 Å². The Labute approximate surface area is 113 Å². The van der Waals surface area contributed by atoms with E-state index in [2.05, 4.69) is 43.1 Å². The van der Waals surface area contributed by atoms with Crippen molar-refractivity contribution >= 4 is 0 Å². The first-order chi connectivity index (χ1) is 8.69. The molecule has 0 bridgehead atoms. The third-order valence-electron chi connectivity index (χ3n) is 3.69. The summed E-state index contributed by atoms with van der Waals surface area (Å²) in [5.41, 5.74) is 0. The zero-order chi connectivity index (χ0) is 13.4. The van der Waals surface area contributed by atoms with Crippen LogP contribution in [0.5, 0.6) is 0 Å². The molecule has 18 heavy (non-hydrogen) atoms. The average Bonchev–Trinajstić information content (AvgIpc) is 2.50. The summed E-state index contributed by atoms with van der Waals surface area (Å²) in [5.74, 6) is 0. The van der Waals surface area contributed by atoms with Crippen LogP contribution in [0.15, 0.2) is 0 Å². The molecular weight excluding hydrogens is 226 g/mol. The normalized spacial score (nSPS) is 25.0. The zero-order valence-corrected chi connectivity index (χ0v) is 12.6. The van der Waals surface area contributed by atoms with Crippen molar-refractivity contribution in [2.75, 3.05) is 53.5 Å². The second-order valence-electron chi connectivity index (χ2n) is 5.40. The van der Waals surface area contributed by atoms with E-state index in [1.807, 2.05) is 0 Å². The van der Waals surface area contributed by atoms with E-state index in [4.69, 9.17) is 4.74 Å². The van der Waals surface area contributed by atoms with E-state index in [1.165, 1.54) is 19.5 Å². The number of nitrogens with zero attached hydrogens (tertiary/aromatic N) is 2. The lowest BCUT2D eigenvalue weighted by atomic mass is 10.1. The molecule has 1 aliphatic heterocycles. The number of hydrogen-bond acceptors (Lipinski definition) is 4. The predicted molar refractivity (Wildman–Crippen MR) is 77.1 cm³/mol. The van der Waals surface area contributed by atoms with Crippen LogP contribution >= 0.6 is 0 Å². The van der Waals surface area contributed by atoms with Gasteiger partial charge in [0.25, 0.3) is 0 Å². The maximum absolute atomic E-state index is 5.77. The highest BCUT2D eigenvalue weighted by Gasteiger charge is 2.27. The summed E-state index contributed by atoms with van der Waals surface area (Å²) in [5, 5.41) is 3.60. The van der Waals surface area contributed by atoms with Crippen molar-refractivity contribution in [1.82, 2.24) is 15.1 Å². The van der Waals surface area contributed by atoms with E-state index in [1.54, 1.807) is 0 Å². The molecular formula is C14H31N3O. The molecule has 1 fully saturated rings. The molecule has 0 aliphatic carbocycles. The van der Waals surface area contributed by atoms with Gasteiger partial charge >= 0.3 is 0 Å². The molecule has 1 aliphatic rings. The molecule has 4 nitrogen and oxygen atoms in total. The summed E-state index contributed by atoms with van der Waals surface area (Å²) in [6.07, 6.45) is 2.36. The first-order valence-corrected chi connectivity index (χ1v) is 7.38. The van der Waals surface area contributed by atoms with E-state index in [0.717, 1.165) is 32.7 Å². The van der Waals surface area contributed by atoms with E-state index in [0.29, 0.717) is 12.1 Å². The van der Waals surface area contributed by atoms with Gasteiger partial charge in [-0.25, -0.2) is 0 Å². The molecule has 1 saturated heterocycles. The molecule has 0 aromatic heterocycles. The van der Waals surface area contributed by atoms with Crippen LogP contribution in [0.25, 0.3) is 0 Å². The van der Waals surface area contributed by atoms with Gasteiger partial charge < -0.3 is 19.9 Å². The van der Waals surface area contributed by atoms with Crippen LogP contribution < -0.4 is 5.32 Å². The molecule has 1 heterocycles. The van der Waals surface area contributed by atoms with E-state index in [9.17, 15) is 0 Å². The van der Waals surface area contributed by atoms with Crippen molar-refractivity contribution in [2.45, 2.75) is 38.8 Å². The SMILES string of the molecule is CCCOCC(NCC)C1CN(C)CCCN1C. The molecule has 1 N–H and O–H groups in total. The van der Waals surface area contributed by atoms with Crippen LogP contribution in [0, 0.1) is 0 Å². The van der Waals surface area contributed by atoms with Crippen LogP contribution in [0.3, 0.4) is 0 Å². The van der Waals surface area contributed by atoms with Gasteiger partial charge in [-0.15, -0.1) is 0 Å². The summed E-state index contributed by atoms with van der Waals surface area (Å²) in [4.78, 5) is 4.93. The number of hydrogen-bond donors (Lipinski definition) is 1. The number of ether oxygens (including phenoxy) is 1. The minimum absolute atomic E-state index is 0.437. The van der Waals surface area contributed by atoms with E-state index < -0.39 is 0 Å². The first kappa shape index (κ1) is 15.9. The Morgan fingerprint density at radius 3 is 2.72 bits per heavy atom. The third kappa shape index (κ3) is 5.22. The van der Waals surface area contributed by atoms with Gasteiger partial charge in [0.05, 0.1) is 6.61 Å². The maximum atomic E-state index is 5.77.